The highest BCUT2D eigenvalue weighted by Gasteiger charge is 2.54. The third-order valence-corrected chi connectivity index (χ3v) is 7.86. The van der Waals surface area contributed by atoms with Gasteiger partial charge in [0, 0.05) is 23.6 Å². The van der Waals surface area contributed by atoms with Gasteiger partial charge < -0.3 is 16.0 Å². The molecule has 1 heterocycles. The first kappa shape index (κ1) is 19.1. The minimum Gasteiger partial charge on any atom is -0.352 e. The second kappa shape index (κ2) is 7.75. The Morgan fingerprint density at radius 2 is 1.52 bits per heavy atom. The third kappa shape index (κ3) is 3.94. The fourth-order valence-electron chi connectivity index (χ4n) is 6.77. The van der Waals surface area contributed by atoms with Crippen LogP contribution in [0.15, 0.2) is 24.3 Å². The zero-order valence-electron chi connectivity index (χ0n) is 17.2. The highest BCUT2D eigenvalue weighted by atomic mass is 16.2. The van der Waals surface area contributed by atoms with E-state index in [9.17, 15) is 9.59 Å². The summed E-state index contributed by atoms with van der Waals surface area (Å²) >= 11 is 0. The van der Waals surface area contributed by atoms with Crippen molar-refractivity contribution in [1.29, 1.82) is 0 Å². The maximum absolute atomic E-state index is 13.1. The molecule has 5 aliphatic rings. The van der Waals surface area contributed by atoms with E-state index in [0.717, 1.165) is 68.5 Å². The van der Waals surface area contributed by atoms with E-state index in [1.807, 2.05) is 24.3 Å². The van der Waals surface area contributed by atoms with E-state index in [2.05, 4.69) is 16.0 Å². The van der Waals surface area contributed by atoms with Crippen molar-refractivity contribution >= 4 is 11.8 Å². The Labute approximate surface area is 173 Å². The summed E-state index contributed by atoms with van der Waals surface area (Å²) in [7, 11) is 0. The highest BCUT2D eigenvalue weighted by Crippen LogP contribution is 2.60. The number of carbonyl (C=O) groups excluding carboxylic acids is 2. The molecule has 1 aromatic rings. The van der Waals surface area contributed by atoms with Gasteiger partial charge in [0.05, 0.1) is 0 Å². The van der Waals surface area contributed by atoms with Crippen molar-refractivity contribution in [1.82, 2.24) is 16.0 Å². The van der Waals surface area contributed by atoms with Gasteiger partial charge in [-0.3, -0.25) is 9.59 Å². The van der Waals surface area contributed by atoms with Gasteiger partial charge in [0.2, 0.25) is 5.91 Å². The molecule has 4 bridgehead atoms. The van der Waals surface area contributed by atoms with Crippen LogP contribution in [0.4, 0.5) is 0 Å². The summed E-state index contributed by atoms with van der Waals surface area (Å²) in [5, 5.41) is 9.67. The van der Waals surface area contributed by atoms with Gasteiger partial charge in [0.25, 0.3) is 5.91 Å². The summed E-state index contributed by atoms with van der Waals surface area (Å²) in [5.74, 6) is 2.62. The van der Waals surface area contributed by atoms with E-state index in [1.54, 1.807) is 0 Å². The summed E-state index contributed by atoms with van der Waals surface area (Å²) < 4.78 is 0. The SMILES string of the molecule is O=C(NC1CCNCC1)c1ccc(CNC(=O)C23CC4CC(CC(C4)C2)C3)cc1. The molecule has 5 heteroatoms. The number of hydrogen-bond acceptors (Lipinski definition) is 3. The first-order chi connectivity index (χ1) is 14.1. The standard InChI is InChI=1S/C24H33N3O2/c28-22(27-21-5-7-25-8-6-21)20-3-1-16(2-4-20)15-26-23(29)24-12-17-9-18(13-24)11-19(10-17)14-24/h1-4,17-19,21,25H,5-15H2,(H,26,29)(H,27,28). The minimum atomic E-state index is -0.0938. The van der Waals surface area contributed by atoms with Crippen LogP contribution in [-0.4, -0.2) is 30.9 Å². The van der Waals surface area contributed by atoms with Gasteiger partial charge in [-0.05, 0) is 99.9 Å². The second-order valence-electron chi connectivity index (χ2n) is 10.1. The van der Waals surface area contributed by atoms with Crippen LogP contribution in [0.2, 0.25) is 0 Å². The van der Waals surface area contributed by atoms with Crippen molar-refractivity contribution in [2.45, 2.75) is 64.0 Å². The molecule has 5 fully saturated rings. The Bertz CT molecular complexity index is 732. The summed E-state index contributed by atoms with van der Waals surface area (Å²) in [6, 6.07) is 7.96. The Kier molecular flexibility index (Phi) is 5.10. The van der Waals surface area contributed by atoms with Gasteiger partial charge in [0.1, 0.15) is 0 Å². The lowest BCUT2D eigenvalue weighted by Gasteiger charge is -2.55. The molecule has 4 saturated carbocycles. The summed E-state index contributed by atoms with van der Waals surface area (Å²) in [6.45, 7) is 2.48. The van der Waals surface area contributed by atoms with E-state index in [0.29, 0.717) is 12.1 Å². The normalized spacial score (nSPS) is 33.4. The molecule has 1 aromatic carbocycles. The molecule has 3 N–H and O–H groups in total. The van der Waals surface area contributed by atoms with Crippen LogP contribution in [-0.2, 0) is 11.3 Å². The maximum Gasteiger partial charge on any atom is 0.251 e. The number of benzene rings is 1. The molecule has 156 valence electrons. The van der Waals surface area contributed by atoms with Crippen molar-refractivity contribution in [2.24, 2.45) is 23.2 Å². The van der Waals surface area contributed by atoms with Gasteiger partial charge in [-0.2, -0.15) is 0 Å². The number of carbonyl (C=O) groups is 2. The summed E-state index contributed by atoms with van der Waals surface area (Å²) in [4.78, 5) is 25.5. The van der Waals surface area contributed by atoms with Crippen molar-refractivity contribution in [3.63, 3.8) is 0 Å². The van der Waals surface area contributed by atoms with Crippen LogP contribution in [0, 0.1) is 23.2 Å². The number of amides is 2. The van der Waals surface area contributed by atoms with Crippen LogP contribution >= 0.6 is 0 Å². The first-order valence-electron chi connectivity index (χ1n) is 11.5. The number of hydrogen-bond donors (Lipinski definition) is 3. The Balaban J connectivity index is 1.15. The van der Waals surface area contributed by atoms with Crippen molar-refractivity contribution < 1.29 is 9.59 Å². The Morgan fingerprint density at radius 3 is 2.10 bits per heavy atom. The number of piperidine rings is 1. The smallest absolute Gasteiger partial charge is 0.251 e. The quantitative estimate of drug-likeness (QED) is 0.718. The third-order valence-electron chi connectivity index (χ3n) is 7.86. The first-order valence-corrected chi connectivity index (χ1v) is 11.5. The molecular formula is C24H33N3O2. The molecule has 6 rings (SSSR count). The molecule has 1 saturated heterocycles. The largest absolute Gasteiger partial charge is 0.352 e. The zero-order chi connectivity index (χ0) is 19.8. The molecule has 1 aliphatic heterocycles. The average Bonchev–Trinajstić information content (AvgIpc) is 2.72. The van der Waals surface area contributed by atoms with Crippen molar-refractivity contribution in [3.8, 4) is 0 Å². The molecule has 2 amide bonds. The lowest BCUT2D eigenvalue weighted by atomic mass is 9.49. The summed E-state index contributed by atoms with van der Waals surface area (Å²) in [5.41, 5.74) is 1.66. The number of nitrogens with one attached hydrogen (secondary N) is 3. The van der Waals surface area contributed by atoms with Crippen LogP contribution in [0.5, 0.6) is 0 Å². The predicted octanol–water partition coefficient (Wildman–Crippen LogP) is 3.00. The summed E-state index contributed by atoms with van der Waals surface area (Å²) in [6.07, 6.45) is 9.33. The molecule has 0 radical (unpaired) electrons. The minimum absolute atomic E-state index is 0.000975. The van der Waals surface area contributed by atoms with Crippen molar-refractivity contribution in [2.75, 3.05) is 13.1 Å². The average molecular weight is 396 g/mol. The van der Waals surface area contributed by atoms with Gasteiger partial charge in [0.15, 0.2) is 0 Å². The molecule has 4 aliphatic carbocycles. The zero-order valence-corrected chi connectivity index (χ0v) is 17.2. The Morgan fingerprint density at radius 1 is 0.931 bits per heavy atom. The fraction of sp³-hybridized carbons (Fsp3) is 0.667. The van der Waals surface area contributed by atoms with E-state index in [-0.39, 0.29) is 23.3 Å². The van der Waals surface area contributed by atoms with Gasteiger partial charge >= 0.3 is 0 Å². The highest BCUT2D eigenvalue weighted by molar-refractivity contribution is 5.94. The van der Waals surface area contributed by atoms with Crippen molar-refractivity contribution in [3.05, 3.63) is 35.4 Å². The van der Waals surface area contributed by atoms with Crippen LogP contribution in [0.3, 0.4) is 0 Å². The van der Waals surface area contributed by atoms with E-state index in [4.69, 9.17) is 0 Å². The fourth-order valence-corrected chi connectivity index (χ4v) is 6.77. The molecule has 0 atom stereocenters. The van der Waals surface area contributed by atoms with Gasteiger partial charge in [-0.1, -0.05) is 12.1 Å². The van der Waals surface area contributed by atoms with Crippen LogP contribution in [0.1, 0.15) is 67.3 Å². The van der Waals surface area contributed by atoms with Gasteiger partial charge in [-0.25, -0.2) is 0 Å². The maximum atomic E-state index is 13.1. The molecule has 29 heavy (non-hydrogen) atoms. The topological polar surface area (TPSA) is 70.2 Å². The molecular weight excluding hydrogens is 362 g/mol. The monoisotopic (exact) mass is 395 g/mol. The number of rotatable bonds is 5. The van der Waals surface area contributed by atoms with Gasteiger partial charge in [-0.15, -0.1) is 0 Å². The molecule has 5 nitrogen and oxygen atoms in total. The lowest BCUT2D eigenvalue weighted by Crippen LogP contribution is -2.53. The molecule has 0 aromatic heterocycles. The predicted molar refractivity (Wildman–Crippen MR) is 112 cm³/mol. The Hall–Kier alpha value is -1.88. The molecule has 0 spiro atoms. The molecule has 0 unspecified atom stereocenters. The van der Waals surface area contributed by atoms with E-state index >= 15 is 0 Å². The van der Waals surface area contributed by atoms with E-state index in [1.165, 1.54) is 19.3 Å². The van der Waals surface area contributed by atoms with Crippen LogP contribution in [0.25, 0.3) is 0 Å². The van der Waals surface area contributed by atoms with Crippen LogP contribution < -0.4 is 16.0 Å². The second-order valence-corrected chi connectivity index (χ2v) is 10.1. The van der Waals surface area contributed by atoms with E-state index < -0.39 is 0 Å². The lowest BCUT2D eigenvalue weighted by molar-refractivity contribution is -0.146.